The highest BCUT2D eigenvalue weighted by Gasteiger charge is 2.44. The number of piperazine rings is 1. The summed E-state index contributed by atoms with van der Waals surface area (Å²) in [7, 11) is 0. The molecule has 2 aliphatic rings. The first-order valence-corrected chi connectivity index (χ1v) is 13.4. The molecule has 4 rings (SSSR count). The molecular weight excluding hydrogens is 517 g/mol. The van der Waals surface area contributed by atoms with E-state index in [9.17, 15) is 9.59 Å². The van der Waals surface area contributed by atoms with Gasteiger partial charge in [-0.3, -0.25) is 14.5 Å². The van der Waals surface area contributed by atoms with Crippen molar-refractivity contribution in [3.8, 4) is 0 Å². The normalized spacial score (nSPS) is 19.2. The van der Waals surface area contributed by atoms with Gasteiger partial charge in [0.25, 0.3) is 5.91 Å². The van der Waals surface area contributed by atoms with Crippen LogP contribution in [0.4, 0.5) is 11.4 Å². The number of nitrogens with zero attached hydrogens (tertiary/aromatic N) is 4. The first-order chi connectivity index (χ1) is 17.4. The molecule has 0 unspecified atom stereocenters. The second-order valence-electron chi connectivity index (χ2n) is 9.03. The molecule has 192 valence electrons. The first kappa shape index (κ1) is 26.8. The monoisotopic (exact) mass is 547 g/mol. The maximum atomic E-state index is 13.5. The van der Waals surface area contributed by atoms with Crippen molar-refractivity contribution >= 4 is 63.7 Å². The molecule has 7 nitrogen and oxygen atoms in total. The SMILES string of the molecule is CCN1CCN(CCCN2C(=S)N(c3cccc(Cl)c3)C(=O)[C@@H]2CC(=O)Nc2ccc(Cl)cc2)CC1. The summed E-state index contributed by atoms with van der Waals surface area (Å²) in [5, 5.41) is 4.37. The van der Waals surface area contributed by atoms with E-state index < -0.39 is 6.04 Å². The Morgan fingerprint density at radius 3 is 2.36 bits per heavy atom. The predicted molar refractivity (Wildman–Crippen MR) is 150 cm³/mol. The molecule has 2 fully saturated rings. The van der Waals surface area contributed by atoms with Crippen LogP contribution in [0, 0.1) is 0 Å². The highest BCUT2D eigenvalue weighted by Crippen LogP contribution is 2.29. The lowest BCUT2D eigenvalue weighted by atomic mass is 10.1. The van der Waals surface area contributed by atoms with Crippen LogP contribution in [-0.4, -0.2) is 83.5 Å². The topological polar surface area (TPSA) is 59.1 Å². The number of nitrogens with one attached hydrogen (secondary N) is 1. The zero-order valence-electron chi connectivity index (χ0n) is 20.3. The summed E-state index contributed by atoms with van der Waals surface area (Å²) in [5.74, 6) is -0.475. The number of hydrogen-bond donors (Lipinski definition) is 1. The van der Waals surface area contributed by atoms with E-state index in [4.69, 9.17) is 35.4 Å². The van der Waals surface area contributed by atoms with E-state index in [2.05, 4.69) is 22.0 Å². The van der Waals surface area contributed by atoms with Crippen molar-refractivity contribution < 1.29 is 9.59 Å². The van der Waals surface area contributed by atoms with Crippen LogP contribution in [0.25, 0.3) is 0 Å². The van der Waals surface area contributed by atoms with Crippen molar-refractivity contribution in [1.29, 1.82) is 0 Å². The second-order valence-corrected chi connectivity index (χ2v) is 10.3. The highest BCUT2D eigenvalue weighted by molar-refractivity contribution is 7.80. The number of thiocarbonyl (C=S) groups is 1. The van der Waals surface area contributed by atoms with E-state index >= 15 is 0 Å². The smallest absolute Gasteiger partial charge is 0.256 e. The van der Waals surface area contributed by atoms with Crippen LogP contribution < -0.4 is 10.2 Å². The quantitative estimate of drug-likeness (QED) is 0.471. The molecule has 2 aromatic carbocycles. The molecule has 1 N–H and O–H groups in total. The molecule has 1 atom stereocenters. The third-order valence-corrected chi connectivity index (χ3v) is 7.58. The van der Waals surface area contributed by atoms with Gasteiger partial charge >= 0.3 is 0 Å². The molecule has 36 heavy (non-hydrogen) atoms. The Morgan fingerprint density at radius 2 is 1.69 bits per heavy atom. The van der Waals surface area contributed by atoms with Crippen molar-refractivity contribution in [3.05, 3.63) is 58.6 Å². The fraction of sp³-hybridized carbons (Fsp3) is 0.423. The fourth-order valence-corrected chi connectivity index (χ4v) is 5.38. The maximum Gasteiger partial charge on any atom is 0.256 e. The highest BCUT2D eigenvalue weighted by atomic mass is 35.5. The molecule has 0 spiro atoms. The van der Waals surface area contributed by atoms with E-state index in [0.29, 0.717) is 33.1 Å². The van der Waals surface area contributed by atoms with Gasteiger partial charge in [0.2, 0.25) is 5.91 Å². The van der Waals surface area contributed by atoms with Crippen LogP contribution in [-0.2, 0) is 9.59 Å². The van der Waals surface area contributed by atoms with Gasteiger partial charge in [-0.25, -0.2) is 0 Å². The largest absolute Gasteiger partial charge is 0.336 e. The second kappa shape index (κ2) is 12.3. The van der Waals surface area contributed by atoms with Crippen LogP contribution in [0.3, 0.4) is 0 Å². The Kier molecular flexibility index (Phi) is 9.19. The summed E-state index contributed by atoms with van der Waals surface area (Å²) < 4.78 is 0. The molecule has 2 aliphatic heterocycles. The van der Waals surface area contributed by atoms with Gasteiger partial charge in [-0.2, -0.15) is 0 Å². The Morgan fingerprint density at radius 1 is 1.00 bits per heavy atom. The molecule has 0 bridgehead atoms. The van der Waals surface area contributed by atoms with Crippen LogP contribution in [0.1, 0.15) is 19.8 Å². The number of benzene rings is 2. The number of amides is 2. The minimum atomic E-state index is -0.680. The van der Waals surface area contributed by atoms with Gasteiger partial charge in [-0.15, -0.1) is 0 Å². The molecule has 0 radical (unpaired) electrons. The third-order valence-electron chi connectivity index (χ3n) is 6.68. The molecule has 0 aromatic heterocycles. The number of anilines is 2. The summed E-state index contributed by atoms with van der Waals surface area (Å²) in [6.45, 7) is 9.02. The number of carbonyl (C=O) groups excluding carboxylic acids is 2. The molecule has 2 heterocycles. The van der Waals surface area contributed by atoms with Gasteiger partial charge in [0.05, 0.1) is 12.1 Å². The number of likely N-dealkylation sites (N-methyl/N-ethyl adjacent to an activating group) is 1. The molecule has 2 saturated heterocycles. The standard InChI is InChI=1S/C26H31Cl2N5O2S/c1-2-30-13-15-31(16-14-30)11-4-12-32-23(18-24(34)29-21-9-7-19(27)8-10-21)25(35)33(26(32)36)22-6-3-5-20(28)17-22/h3,5-10,17,23H,2,4,11-16,18H2,1H3,(H,29,34)/t23-/m0/s1. The van der Waals surface area contributed by atoms with Gasteiger partial charge in [-0.05, 0) is 74.2 Å². The molecule has 2 aromatic rings. The van der Waals surface area contributed by atoms with Gasteiger partial charge in [0.15, 0.2) is 5.11 Å². The predicted octanol–water partition coefficient (Wildman–Crippen LogP) is 4.35. The van der Waals surface area contributed by atoms with Crippen molar-refractivity contribution in [2.75, 3.05) is 56.0 Å². The summed E-state index contributed by atoms with van der Waals surface area (Å²) in [6, 6.07) is 13.3. The van der Waals surface area contributed by atoms with Crippen molar-refractivity contribution in [3.63, 3.8) is 0 Å². The lowest BCUT2D eigenvalue weighted by Gasteiger charge is -2.34. The lowest BCUT2D eigenvalue weighted by Crippen LogP contribution is -2.47. The van der Waals surface area contributed by atoms with Gasteiger partial charge < -0.3 is 20.0 Å². The van der Waals surface area contributed by atoms with E-state index in [1.807, 2.05) is 4.90 Å². The molecule has 2 amide bonds. The van der Waals surface area contributed by atoms with Crippen LogP contribution in [0.15, 0.2) is 48.5 Å². The number of hydrogen-bond acceptors (Lipinski definition) is 5. The van der Waals surface area contributed by atoms with E-state index in [-0.39, 0.29) is 18.2 Å². The summed E-state index contributed by atoms with van der Waals surface area (Å²) in [6.07, 6.45) is 0.839. The van der Waals surface area contributed by atoms with Crippen molar-refractivity contribution in [1.82, 2.24) is 14.7 Å². The van der Waals surface area contributed by atoms with Crippen molar-refractivity contribution in [2.24, 2.45) is 0 Å². The minimum Gasteiger partial charge on any atom is -0.336 e. The summed E-state index contributed by atoms with van der Waals surface area (Å²) >= 11 is 17.9. The van der Waals surface area contributed by atoms with Crippen LogP contribution in [0.5, 0.6) is 0 Å². The van der Waals surface area contributed by atoms with Crippen LogP contribution >= 0.6 is 35.4 Å². The average Bonchev–Trinajstić information content (AvgIpc) is 3.09. The number of rotatable bonds is 9. The Balaban J connectivity index is 1.45. The van der Waals surface area contributed by atoms with Gasteiger partial charge in [-0.1, -0.05) is 36.2 Å². The lowest BCUT2D eigenvalue weighted by molar-refractivity contribution is -0.124. The Bertz CT molecular complexity index is 1090. The zero-order chi connectivity index (χ0) is 25.7. The van der Waals surface area contributed by atoms with E-state index in [1.54, 1.807) is 48.5 Å². The van der Waals surface area contributed by atoms with E-state index in [1.165, 1.54) is 4.90 Å². The van der Waals surface area contributed by atoms with Gasteiger partial charge in [0.1, 0.15) is 6.04 Å². The van der Waals surface area contributed by atoms with Crippen LogP contribution in [0.2, 0.25) is 10.0 Å². The molecule has 0 aliphatic carbocycles. The average molecular weight is 549 g/mol. The Labute approximate surface area is 227 Å². The molecule has 10 heteroatoms. The van der Waals surface area contributed by atoms with Gasteiger partial charge in [0, 0.05) is 48.5 Å². The first-order valence-electron chi connectivity index (χ1n) is 12.3. The number of carbonyl (C=O) groups is 2. The summed E-state index contributed by atoms with van der Waals surface area (Å²) in [5.41, 5.74) is 1.24. The third kappa shape index (κ3) is 6.55. The Hall–Kier alpha value is -2.23. The summed E-state index contributed by atoms with van der Waals surface area (Å²) in [4.78, 5) is 34.7. The fourth-order valence-electron chi connectivity index (χ4n) is 4.65. The molecular formula is C26H31Cl2N5O2S. The number of halogens is 2. The van der Waals surface area contributed by atoms with E-state index in [0.717, 1.165) is 45.7 Å². The zero-order valence-corrected chi connectivity index (χ0v) is 22.7. The molecule has 0 saturated carbocycles. The van der Waals surface area contributed by atoms with Crippen molar-refractivity contribution in [2.45, 2.75) is 25.8 Å². The maximum absolute atomic E-state index is 13.5. The minimum absolute atomic E-state index is 0.00611.